The quantitative estimate of drug-likeness (QED) is 0.354. The van der Waals surface area contributed by atoms with Crippen LogP contribution in [0.3, 0.4) is 0 Å². The van der Waals surface area contributed by atoms with Gasteiger partial charge >= 0.3 is 5.97 Å². The first kappa shape index (κ1) is 24.4. The fourth-order valence-electron chi connectivity index (χ4n) is 6.73. The van der Waals surface area contributed by atoms with E-state index in [2.05, 4.69) is 47.4 Å². The lowest BCUT2D eigenvalue weighted by Crippen LogP contribution is -2.48. The molecule has 188 valence electrons. The summed E-state index contributed by atoms with van der Waals surface area (Å²) in [6.07, 6.45) is 11.1. The monoisotopic (exact) mass is 475 g/mol. The second kappa shape index (κ2) is 11.2. The topological polar surface area (TPSA) is 38.8 Å². The predicted octanol–water partition coefficient (Wildman–Crippen LogP) is 6.17. The van der Waals surface area contributed by atoms with Crippen molar-refractivity contribution in [1.29, 1.82) is 0 Å². The third-order valence-corrected chi connectivity index (χ3v) is 9.00. The Balaban J connectivity index is 1.18. The number of hydrogen-bond acceptors (Lipinski definition) is 4. The van der Waals surface area contributed by atoms with Gasteiger partial charge in [-0.2, -0.15) is 0 Å². The van der Waals surface area contributed by atoms with Crippen molar-refractivity contribution in [3.8, 4) is 5.75 Å². The van der Waals surface area contributed by atoms with Crippen LogP contribution >= 0.6 is 0 Å². The molecule has 35 heavy (non-hydrogen) atoms. The normalized spacial score (nSPS) is 26.5. The summed E-state index contributed by atoms with van der Waals surface area (Å²) in [5.41, 5.74) is 2.04. The van der Waals surface area contributed by atoms with Gasteiger partial charge in [0.2, 0.25) is 0 Å². The smallest absolute Gasteiger partial charge is 0.316 e. The number of esters is 1. The second-order valence-corrected chi connectivity index (χ2v) is 11.0. The molecule has 4 heteroatoms. The zero-order chi connectivity index (χ0) is 24.1. The summed E-state index contributed by atoms with van der Waals surface area (Å²) in [5.74, 6) is 2.21. The zero-order valence-corrected chi connectivity index (χ0v) is 21.3. The largest absolute Gasteiger partial charge is 0.497 e. The molecule has 1 saturated heterocycles. The summed E-state index contributed by atoms with van der Waals surface area (Å²) < 4.78 is 11.8. The summed E-state index contributed by atoms with van der Waals surface area (Å²) in [7, 11) is 1.73. The van der Waals surface area contributed by atoms with Crippen LogP contribution in [0.2, 0.25) is 0 Å². The molecular formula is C31H41NO3. The van der Waals surface area contributed by atoms with Crippen molar-refractivity contribution in [3.05, 3.63) is 65.7 Å². The molecule has 3 atom stereocenters. The van der Waals surface area contributed by atoms with Crippen LogP contribution < -0.4 is 4.74 Å². The molecule has 2 unspecified atom stereocenters. The van der Waals surface area contributed by atoms with Gasteiger partial charge in [0, 0.05) is 12.5 Å². The van der Waals surface area contributed by atoms with Crippen LogP contribution in [0.25, 0.3) is 0 Å². The van der Waals surface area contributed by atoms with Gasteiger partial charge in [-0.1, -0.05) is 68.1 Å². The van der Waals surface area contributed by atoms with Gasteiger partial charge in [0.1, 0.15) is 11.9 Å². The lowest BCUT2D eigenvalue weighted by atomic mass is 9.68. The van der Waals surface area contributed by atoms with Gasteiger partial charge in [-0.15, -0.1) is 0 Å². The van der Waals surface area contributed by atoms with Crippen LogP contribution in [0.5, 0.6) is 5.75 Å². The zero-order valence-electron chi connectivity index (χ0n) is 21.3. The van der Waals surface area contributed by atoms with E-state index < -0.39 is 5.41 Å². The highest BCUT2D eigenvalue weighted by Crippen LogP contribution is 2.46. The summed E-state index contributed by atoms with van der Waals surface area (Å²) in [4.78, 5) is 16.4. The van der Waals surface area contributed by atoms with Crippen molar-refractivity contribution < 1.29 is 14.3 Å². The number of likely N-dealkylation sites (tertiary alicyclic amines) is 1. The number of rotatable bonds is 7. The maximum absolute atomic E-state index is 13.8. The van der Waals surface area contributed by atoms with Gasteiger partial charge in [0.25, 0.3) is 0 Å². The number of ether oxygens (including phenoxy) is 2. The molecule has 1 heterocycles. The summed E-state index contributed by atoms with van der Waals surface area (Å²) in [5, 5.41) is 0. The molecule has 2 aromatic rings. The number of fused-ring (bicyclic) bond motifs is 1. The van der Waals surface area contributed by atoms with E-state index in [0.717, 1.165) is 75.9 Å². The van der Waals surface area contributed by atoms with E-state index in [4.69, 9.17) is 9.47 Å². The van der Waals surface area contributed by atoms with Crippen LogP contribution in [0.1, 0.15) is 68.9 Å². The van der Waals surface area contributed by atoms with Gasteiger partial charge in [0.15, 0.2) is 0 Å². The van der Waals surface area contributed by atoms with E-state index in [1.807, 2.05) is 12.1 Å². The van der Waals surface area contributed by atoms with Crippen LogP contribution in [0.15, 0.2) is 54.6 Å². The highest BCUT2D eigenvalue weighted by Gasteiger charge is 2.48. The van der Waals surface area contributed by atoms with E-state index in [-0.39, 0.29) is 12.1 Å². The second-order valence-electron chi connectivity index (χ2n) is 11.0. The molecule has 0 bridgehead atoms. The molecule has 2 aromatic carbocycles. The van der Waals surface area contributed by atoms with Gasteiger partial charge in [0.05, 0.1) is 12.5 Å². The number of benzene rings is 2. The first-order chi connectivity index (χ1) is 17.2. The lowest BCUT2D eigenvalue weighted by molar-refractivity contribution is -0.171. The van der Waals surface area contributed by atoms with Crippen LogP contribution in [-0.2, 0) is 21.4 Å². The Morgan fingerprint density at radius 3 is 2.51 bits per heavy atom. The molecule has 0 N–H and O–H groups in total. The van der Waals surface area contributed by atoms with Crippen LogP contribution in [0, 0.1) is 11.8 Å². The fraction of sp³-hybridized carbons (Fsp3) is 0.581. The Morgan fingerprint density at radius 1 is 0.971 bits per heavy atom. The number of carbonyl (C=O) groups excluding carboxylic acids is 1. The lowest BCUT2D eigenvalue weighted by Gasteiger charge is -2.45. The SMILES string of the molecule is COc1cccc(CCN2CCC3C[C@H](OC(=O)C4(c5ccccc5)CCCCCC4)C3CC2)c1. The highest BCUT2D eigenvalue weighted by atomic mass is 16.5. The Hall–Kier alpha value is -2.33. The van der Waals surface area contributed by atoms with Crippen molar-refractivity contribution in [2.45, 2.75) is 75.7 Å². The molecule has 1 aliphatic heterocycles. The average Bonchev–Trinajstić information content (AvgIpc) is 3.24. The van der Waals surface area contributed by atoms with Crippen LogP contribution in [0.4, 0.5) is 0 Å². The van der Waals surface area contributed by atoms with E-state index in [9.17, 15) is 4.79 Å². The maximum atomic E-state index is 13.8. The molecule has 0 amide bonds. The number of carbonyl (C=O) groups is 1. The van der Waals surface area contributed by atoms with Gasteiger partial charge in [-0.25, -0.2) is 0 Å². The Kier molecular flexibility index (Phi) is 7.77. The molecule has 3 aliphatic rings. The Morgan fingerprint density at radius 2 is 1.74 bits per heavy atom. The van der Waals surface area contributed by atoms with E-state index in [0.29, 0.717) is 11.8 Å². The molecule has 0 aromatic heterocycles. The van der Waals surface area contributed by atoms with Crippen molar-refractivity contribution in [1.82, 2.24) is 4.90 Å². The first-order valence-corrected chi connectivity index (χ1v) is 13.8. The summed E-state index contributed by atoms with van der Waals surface area (Å²) in [6.45, 7) is 3.33. The van der Waals surface area contributed by atoms with Gasteiger partial charge in [-0.05, 0) is 80.8 Å². The van der Waals surface area contributed by atoms with Crippen molar-refractivity contribution >= 4 is 5.97 Å². The highest BCUT2D eigenvalue weighted by molar-refractivity contribution is 5.83. The van der Waals surface area contributed by atoms with E-state index in [1.54, 1.807) is 7.11 Å². The van der Waals surface area contributed by atoms with Crippen molar-refractivity contribution in [2.75, 3.05) is 26.7 Å². The predicted molar refractivity (Wildman–Crippen MR) is 140 cm³/mol. The van der Waals surface area contributed by atoms with E-state index >= 15 is 0 Å². The molecule has 2 aliphatic carbocycles. The van der Waals surface area contributed by atoms with Crippen LogP contribution in [-0.4, -0.2) is 43.7 Å². The third-order valence-electron chi connectivity index (χ3n) is 9.00. The van der Waals surface area contributed by atoms with Crippen molar-refractivity contribution in [3.63, 3.8) is 0 Å². The number of nitrogens with zero attached hydrogens (tertiary/aromatic N) is 1. The molecule has 3 fully saturated rings. The minimum atomic E-state index is -0.448. The number of methoxy groups -OCH3 is 1. The molecule has 2 saturated carbocycles. The third kappa shape index (κ3) is 5.43. The molecular weight excluding hydrogens is 434 g/mol. The molecule has 0 spiro atoms. The van der Waals surface area contributed by atoms with E-state index in [1.165, 1.54) is 24.8 Å². The van der Waals surface area contributed by atoms with Gasteiger partial charge in [-0.3, -0.25) is 4.79 Å². The number of hydrogen-bond donors (Lipinski definition) is 0. The van der Waals surface area contributed by atoms with Crippen molar-refractivity contribution in [2.24, 2.45) is 11.8 Å². The molecule has 0 radical (unpaired) electrons. The average molecular weight is 476 g/mol. The minimum absolute atomic E-state index is 0.0492. The minimum Gasteiger partial charge on any atom is -0.497 e. The standard InChI is InChI=1S/C31H41NO3/c1-34-27-13-9-10-24(22-27)14-19-32-20-15-25-23-29(28(25)16-21-32)35-30(33)31(17-7-2-3-8-18-31)26-11-5-4-6-12-26/h4-6,9-13,22,25,28-29H,2-3,7-8,14-21,23H2,1H3/t25?,28?,29-/m0/s1. The summed E-state index contributed by atoms with van der Waals surface area (Å²) >= 11 is 0. The summed E-state index contributed by atoms with van der Waals surface area (Å²) in [6, 6.07) is 18.9. The Labute approximate surface area is 211 Å². The van der Waals surface area contributed by atoms with Gasteiger partial charge < -0.3 is 14.4 Å². The molecule has 5 rings (SSSR count). The Bertz CT molecular complexity index is 966. The fourth-order valence-corrected chi connectivity index (χ4v) is 6.73. The molecule has 4 nitrogen and oxygen atoms in total. The first-order valence-electron chi connectivity index (χ1n) is 13.8. The maximum Gasteiger partial charge on any atom is 0.316 e.